The molecular weight excluding hydrogens is 434 g/mol. The van der Waals surface area contributed by atoms with Crippen LogP contribution in [0.4, 0.5) is 8.78 Å². The fourth-order valence-electron chi connectivity index (χ4n) is 4.09. The van der Waals surface area contributed by atoms with Gasteiger partial charge in [-0.25, -0.2) is 13.8 Å². The van der Waals surface area contributed by atoms with Crippen LogP contribution in [0.15, 0.2) is 53.5 Å². The van der Waals surface area contributed by atoms with Crippen LogP contribution in [0.3, 0.4) is 0 Å². The number of carbonyl (C=O) groups excluding carboxylic acids is 2. The summed E-state index contributed by atoms with van der Waals surface area (Å²) in [6.07, 6.45) is 5.27. The van der Waals surface area contributed by atoms with Crippen molar-refractivity contribution in [1.29, 1.82) is 0 Å². The number of fused-ring (bicyclic) bond motifs is 1. The van der Waals surface area contributed by atoms with Crippen molar-refractivity contribution in [3.05, 3.63) is 71.3 Å². The van der Waals surface area contributed by atoms with Gasteiger partial charge in [0.25, 0.3) is 5.91 Å². The van der Waals surface area contributed by atoms with E-state index in [9.17, 15) is 18.4 Å². The molecule has 32 heavy (non-hydrogen) atoms. The summed E-state index contributed by atoms with van der Waals surface area (Å²) >= 11 is 1.34. The summed E-state index contributed by atoms with van der Waals surface area (Å²) in [5.74, 6) is 0.267. The minimum atomic E-state index is -1.15. The van der Waals surface area contributed by atoms with E-state index in [0.29, 0.717) is 22.9 Å². The number of ether oxygens (including phenoxy) is 1. The Morgan fingerprint density at radius 1 is 1.25 bits per heavy atom. The fourth-order valence-corrected chi connectivity index (χ4v) is 5.26. The maximum atomic E-state index is 14.9. The molecular formula is C24H20F2N2O3S. The van der Waals surface area contributed by atoms with E-state index in [-0.39, 0.29) is 36.2 Å². The first kappa shape index (κ1) is 22.2. The lowest BCUT2D eigenvalue weighted by atomic mass is 9.74. The van der Waals surface area contributed by atoms with Gasteiger partial charge in [0, 0.05) is 35.3 Å². The molecule has 3 atom stereocenters. The van der Waals surface area contributed by atoms with Gasteiger partial charge in [-0.1, -0.05) is 36.0 Å². The van der Waals surface area contributed by atoms with Crippen LogP contribution >= 0.6 is 11.8 Å². The lowest BCUT2D eigenvalue weighted by Gasteiger charge is -2.46. The van der Waals surface area contributed by atoms with Crippen LogP contribution in [0.25, 0.3) is 0 Å². The molecule has 1 saturated heterocycles. The van der Waals surface area contributed by atoms with Crippen molar-refractivity contribution in [2.24, 2.45) is 10.9 Å². The van der Waals surface area contributed by atoms with Crippen LogP contribution < -0.4 is 5.32 Å². The summed E-state index contributed by atoms with van der Waals surface area (Å²) in [5.41, 5.74) is -0.497. The zero-order valence-corrected chi connectivity index (χ0v) is 17.8. The zero-order chi connectivity index (χ0) is 22.7. The van der Waals surface area contributed by atoms with Gasteiger partial charge in [0.2, 0.25) is 5.78 Å². The van der Waals surface area contributed by atoms with Gasteiger partial charge in [0.1, 0.15) is 17.2 Å². The van der Waals surface area contributed by atoms with Gasteiger partial charge < -0.3 is 10.1 Å². The van der Waals surface area contributed by atoms with E-state index in [2.05, 4.69) is 11.2 Å². The van der Waals surface area contributed by atoms with E-state index in [1.807, 2.05) is 0 Å². The summed E-state index contributed by atoms with van der Waals surface area (Å²) in [4.78, 5) is 29.0. The second-order valence-electron chi connectivity index (χ2n) is 7.73. The van der Waals surface area contributed by atoms with Gasteiger partial charge in [0.15, 0.2) is 5.17 Å². The van der Waals surface area contributed by atoms with Crippen LogP contribution in [0.5, 0.6) is 0 Å². The molecule has 0 spiro atoms. The predicted molar refractivity (Wildman–Crippen MR) is 118 cm³/mol. The normalized spacial score (nSPS) is 24.6. The van der Waals surface area contributed by atoms with Gasteiger partial charge in [-0.15, -0.1) is 6.42 Å². The Balaban J connectivity index is 1.67. The SMILES string of the molecule is C#CC(=O)C[C@H]1C[C@H]2CSC(NC(=O)c3ccccc3)=N[C@@]2(c2ccc(F)cc2F)CO1. The third-order valence-electron chi connectivity index (χ3n) is 5.71. The highest BCUT2D eigenvalue weighted by molar-refractivity contribution is 8.13. The van der Waals surface area contributed by atoms with E-state index < -0.39 is 23.3 Å². The minimum absolute atomic E-state index is 0.0198. The number of aliphatic imine (C=N–C) groups is 1. The molecule has 0 saturated carbocycles. The van der Waals surface area contributed by atoms with E-state index in [0.717, 1.165) is 6.07 Å². The summed E-state index contributed by atoms with van der Waals surface area (Å²) in [6.45, 7) is -0.0198. The minimum Gasteiger partial charge on any atom is -0.375 e. The molecule has 0 aliphatic carbocycles. The molecule has 1 amide bonds. The Morgan fingerprint density at radius 2 is 2.03 bits per heavy atom. The van der Waals surface area contributed by atoms with Gasteiger partial charge in [0.05, 0.1) is 12.7 Å². The van der Waals surface area contributed by atoms with Crippen molar-refractivity contribution < 1.29 is 23.1 Å². The highest BCUT2D eigenvalue weighted by Crippen LogP contribution is 2.47. The Bertz CT molecular complexity index is 1120. The third kappa shape index (κ3) is 4.45. The number of carbonyl (C=O) groups is 2. The lowest BCUT2D eigenvalue weighted by molar-refractivity contribution is -0.120. The molecule has 164 valence electrons. The molecule has 1 N–H and O–H groups in total. The molecule has 2 aliphatic heterocycles. The highest BCUT2D eigenvalue weighted by atomic mass is 32.2. The van der Waals surface area contributed by atoms with Crippen LogP contribution in [-0.2, 0) is 15.1 Å². The number of hydrogen-bond donors (Lipinski definition) is 1. The topological polar surface area (TPSA) is 67.8 Å². The monoisotopic (exact) mass is 454 g/mol. The van der Waals surface area contributed by atoms with Crippen molar-refractivity contribution in [3.63, 3.8) is 0 Å². The van der Waals surface area contributed by atoms with Gasteiger partial charge in [-0.2, -0.15) is 0 Å². The maximum absolute atomic E-state index is 14.9. The van der Waals surface area contributed by atoms with E-state index in [4.69, 9.17) is 16.2 Å². The number of ketones is 1. The average molecular weight is 454 g/mol. The van der Waals surface area contributed by atoms with Crippen molar-refractivity contribution in [2.45, 2.75) is 24.5 Å². The van der Waals surface area contributed by atoms with Crippen molar-refractivity contribution in [2.75, 3.05) is 12.4 Å². The number of halogens is 2. The Labute approximate surface area is 188 Å². The molecule has 0 radical (unpaired) electrons. The number of amides is 1. The van der Waals surface area contributed by atoms with Gasteiger partial charge in [-0.3, -0.25) is 9.59 Å². The number of thioether (sulfide) groups is 1. The Hall–Kier alpha value is -3.02. The molecule has 4 rings (SSSR count). The van der Waals surface area contributed by atoms with Crippen LogP contribution in [-0.4, -0.2) is 35.3 Å². The first-order valence-corrected chi connectivity index (χ1v) is 11.1. The maximum Gasteiger partial charge on any atom is 0.257 e. The van der Waals surface area contributed by atoms with Crippen LogP contribution in [0, 0.1) is 29.9 Å². The third-order valence-corrected chi connectivity index (χ3v) is 6.75. The zero-order valence-electron chi connectivity index (χ0n) is 17.0. The first-order valence-electron chi connectivity index (χ1n) is 10.1. The molecule has 0 unspecified atom stereocenters. The number of amidine groups is 1. The molecule has 0 bridgehead atoms. The quantitative estimate of drug-likeness (QED) is 0.565. The number of terminal acetylenes is 1. The van der Waals surface area contributed by atoms with Crippen LogP contribution in [0.2, 0.25) is 0 Å². The summed E-state index contributed by atoms with van der Waals surface area (Å²) < 4.78 is 34.4. The highest BCUT2D eigenvalue weighted by Gasteiger charge is 2.50. The molecule has 2 aromatic carbocycles. The summed E-state index contributed by atoms with van der Waals surface area (Å²) in [5, 5.41) is 3.12. The standard InChI is InChI=1S/C24H20F2N2O3S/c1-2-18(29)12-19-10-16-13-32-23(27-22(30)15-6-4-3-5-7-15)28-24(16,14-31-19)20-9-8-17(25)11-21(20)26/h1,3-9,11,16,19H,10,12-14H2,(H,27,28,30)/t16-,19+,24-/m0/s1. The summed E-state index contributed by atoms with van der Waals surface area (Å²) in [6, 6.07) is 12.0. The largest absolute Gasteiger partial charge is 0.375 e. The second-order valence-corrected chi connectivity index (χ2v) is 8.74. The lowest BCUT2D eigenvalue weighted by Crippen LogP contribution is -2.51. The van der Waals surface area contributed by atoms with Gasteiger partial charge >= 0.3 is 0 Å². The molecule has 5 nitrogen and oxygen atoms in total. The van der Waals surface area contributed by atoms with Gasteiger partial charge in [-0.05, 0) is 30.5 Å². The molecule has 0 aromatic heterocycles. The molecule has 2 heterocycles. The molecule has 2 aliphatic rings. The Kier molecular flexibility index (Phi) is 6.40. The van der Waals surface area contributed by atoms with Crippen LogP contribution in [0.1, 0.15) is 28.8 Å². The fraction of sp³-hybridized carbons (Fsp3) is 0.292. The molecule has 8 heteroatoms. The number of nitrogens with one attached hydrogen (secondary N) is 1. The Morgan fingerprint density at radius 3 is 2.75 bits per heavy atom. The van der Waals surface area contributed by atoms with E-state index >= 15 is 0 Å². The molecule has 1 fully saturated rings. The van der Waals surface area contributed by atoms with Crippen molar-refractivity contribution in [1.82, 2.24) is 5.32 Å². The number of rotatable bonds is 4. The smallest absolute Gasteiger partial charge is 0.257 e. The number of nitrogens with zero attached hydrogens (tertiary/aromatic N) is 1. The predicted octanol–water partition coefficient (Wildman–Crippen LogP) is 3.69. The summed E-state index contributed by atoms with van der Waals surface area (Å²) in [7, 11) is 0. The van der Waals surface area contributed by atoms with E-state index in [1.54, 1.807) is 30.3 Å². The average Bonchev–Trinajstić information content (AvgIpc) is 2.79. The number of benzene rings is 2. The second kappa shape index (κ2) is 9.23. The van der Waals surface area contributed by atoms with E-state index in [1.165, 1.54) is 23.9 Å². The van der Waals surface area contributed by atoms with Crippen molar-refractivity contribution >= 4 is 28.6 Å². The number of Topliss-reactive ketones (excluding diaryl/α,β-unsaturated/α-hetero) is 1. The molecule has 2 aromatic rings. The van der Waals surface area contributed by atoms with Crippen molar-refractivity contribution in [3.8, 4) is 12.3 Å². The first-order chi connectivity index (χ1) is 15.4. The number of hydrogen-bond acceptors (Lipinski definition) is 5.